The lowest BCUT2D eigenvalue weighted by Crippen LogP contribution is -2.60. The molecule has 1 unspecified atom stereocenters. The molecule has 30 heavy (non-hydrogen) atoms. The van der Waals surface area contributed by atoms with Crippen LogP contribution in [0.1, 0.15) is 32.8 Å². The highest BCUT2D eigenvalue weighted by Crippen LogP contribution is 2.26. The van der Waals surface area contributed by atoms with Crippen LogP contribution in [0.4, 0.5) is 0 Å². The Morgan fingerprint density at radius 3 is 2.50 bits per heavy atom. The van der Waals surface area contributed by atoms with Crippen molar-refractivity contribution in [1.82, 2.24) is 14.4 Å². The van der Waals surface area contributed by atoms with Crippen LogP contribution in [-0.2, 0) is 22.9 Å². The van der Waals surface area contributed by atoms with Gasteiger partial charge in [-0.15, -0.1) is 0 Å². The first kappa shape index (κ1) is 20.3. The van der Waals surface area contributed by atoms with Crippen LogP contribution in [-0.4, -0.2) is 65.3 Å². The number of hydrogen-bond donors (Lipinski definition) is 1. The van der Waals surface area contributed by atoms with Gasteiger partial charge in [0.15, 0.2) is 15.3 Å². The summed E-state index contributed by atoms with van der Waals surface area (Å²) in [5, 5.41) is 9.23. The van der Waals surface area contributed by atoms with Gasteiger partial charge in [0.1, 0.15) is 17.4 Å². The topological polar surface area (TPSA) is 117 Å². The number of rotatable bonds is 4. The van der Waals surface area contributed by atoms with Gasteiger partial charge in [-0.3, -0.25) is 14.5 Å². The molecule has 0 saturated carbocycles. The van der Waals surface area contributed by atoms with Crippen molar-refractivity contribution >= 4 is 21.7 Å². The fourth-order valence-electron chi connectivity index (χ4n) is 4.04. The van der Waals surface area contributed by atoms with Crippen molar-refractivity contribution in [2.45, 2.75) is 30.6 Å². The number of sulfone groups is 1. The number of carboxylic acid groups (broad SMARTS) is 1. The summed E-state index contributed by atoms with van der Waals surface area (Å²) in [6.45, 7) is 2.16. The molecule has 9 nitrogen and oxygen atoms in total. The minimum Gasteiger partial charge on any atom is -0.477 e. The molecule has 1 amide bonds. The highest BCUT2D eigenvalue weighted by molar-refractivity contribution is 7.90. The van der Waals surface area contributed by atoms with Gasteiger partial charge in [-0.1, -0.05) is 12.1 Å². The summed E-state index contributed by atoms with van der Waals surface area (Å²) in [6, 6.07) is 7.75. The molecule has 4 rings (SSSR count). The summed E-state index contributed by atoms with van der Waals surface area (Å²) >= 11 is 0. The molecule has 3 heterocycles. The molecule has 1 atom stereocenters. The van der Waals surface area contributed by atoms with Crippen LogP contribution in [0.15, 0.2) is 46.2 Å². The second kappa shape index (κ2) is 7.37. The third-order valence-corrected chi connectivity index (χ3v) is 6.69. The Morgan fingerprint density at radius 2 is 1.87 bits per heavy atom. The summed E-state index contributed by atoms with van der Waals surface area (Å²) < 4.78 is 24.8. The fraction of sp³-hybridized carbons (Fsp3) is 0.350. The van der Waals surface area contributed by atoms with E-state index in [0.29, 0.717) is 19.6 Å². The Kier molecular flexibility index (Phi) is 4.99. The van der Waals surface area contributed by atoms with Crippen LogP contribution in [0.25, 0.3) is 0 Å². The largest absolute Gasteiger partial charge is 0.477 e. The SMILES string of the molecule is CS(=O)(=O)c1ccc(CN2CCCN3C(=O)c4cc(=O)c(C(=O)O)cn4CC23)cc1. The highest BCUT2D eigenvalue weighted by Gasteiger charge is 2.38. The van der Waals surface area contributed by atoms with Crippen molar-refractivity contribution in [3.63, 3.8) is 0 Å². The number of carbonyl (C=O) groups excluding carboxylic acids is 1. The van der Waals surface area contributed by atoms with Crippen molar-refractivity contribution in [3.05, 3.63) is 63.6 Å². The van der Waals surface area contributed by atoms with Crippen LogP contribution in [0, 0.1) is 0 Å². The molecule has 2 aliphatic heterocycles. The third kappa shape index (κ3) is 3.63. The van der Waals surface area contributed by atoms with E-state index in [2.05, 4.69) is 4.90 Å². The second-order valence-corrected chi connectivity index (χ2v) is 9.63. The predicted molar refractivity (Wildman–Crippen MR) is 107 cm³/mol. The number of aromatic nitrogens is 1. The van der Waals surface area contributed by atoms with Gasteiger partial charge in [0.05, 0.1) is 11.4 Å². The van der Waals surface area contributed by atoms with Crippen LogP contribution in [0.5, 0.6) is 0 Å². The van der Waals surface area contributed by atoms with E-state index in [-0.39, 0.29) is 28.2 Å². The smallest absolute Gasteiger partial charge is 0.341 e. The summed E-state index contributed by atoms with van der Waals surface area (Å²) in [4.78, 5) is 40.4. The number of nitrogens with zero attached hydrogens (tertiary/aromatic N) is 3. The zero-order valence-corrected chi connectivity index (χ0v) is 17.1. The highest BCUT2D eigenvalue weighted by atomic mass is 32.2. The molecule has 10 heteroatoms. The number of carbonyl (C=O) groups is 2. The van der Waals surface area contributed by atoms with E-state index in [1.54, 1.807) is 33.7 Å². The first-order valence-corrected chi connectivity index (χ1v) is 11.4. The summed E-state index contributed by atoms with van der Waals surface area (Å²) in [7, 11) is -3.27. The molecule has 1 N–H and O–H groups in total. The van der Waals surface area contributed by atoms with Crippen molar-refractivity contribution < 1.29 is 23.1 Å². The van der Waals surface area contributed by atoms with Crippen molar-refractivity contribution in [3.8, 4) is 0 Å². The van der Waals surface area contributed by atoms with E-state index in [1.165, 1.54) is 6.20 Å². The van der Waals surface area contributed by atoms with E-state index in [0.717, 1.165) is 30.9 Å². The first-order valence-electron chi connectivity index (χ1n) is 9.47. The first-order chi connectivity index (χ1) is 14.1. The van der Waals surface area contributed by atoms with E-state index >= 15 is 0 Å². The molecule has 0 bridgehead atoms. The minimum absolute atomic E-state index is 0.195. The maximum Gasteiger partial charge on any atom is 0.341 e. The van der Waals surface area contributed by atoms with Gasteiger partial charge in [0, 0.05) is 38.2 Å². The molecule has 0 radical (unpaired) electrons. The van der Waals surface area contributed by atoms with Gasteiger partial charge in [-0.2, -0.15) is 0 Å². The Hall–Kier alpha value is -2.98. The van der Waals surface area contributed by atoms with Crippen LogP contribution in [0.3, 0.4) is 0 Å². The van der Waals surface area contributed by atoms with Gasteiger partial charge >= 0.3 is 5.97 Å². The van der Waals surface area contributed by atoms with Crippen molar-refractivity contribution in [1.29, 1.82) is 0 Å². The summed E-state index contributed by atoms with van der Waals surface area (Å²) in [6.07, 6.45) is 2.88. The molecule has 2 aliphatic rings. The third-order valence-electron chi connectivity index (χ3n) is 5.56. The Bertz CT molecular complexity index is 1190. The maximum atomic E-state index is 13.0. The van der Waals surface area contributed by atoms with E-state index in [4.69, 9.17) is 0 Å². The number of benzene rings is 1. The number of hydrogen-bond acceptors (Lipinski definition) is 6. The van der Waals surface area contributed by atoms with E-state index in [1.807, 2.05) is 0 Å². The molecule has 0 aliphatic carbocycles. The lowest BCUT2D eigenvalue weighted by atomic mass is 10.1. The number of carboxylic acids is 1. The van der Waals surface area contributed by atoms with Gasteiger partial charge in [0.2, 0.25) is 0 Å². The Labute approximate surface area is 173 Å². The van der Waals surface area contributed by atoms with Gasteiger partial charge in [-0.05, 0) is 24.1 Å². The van der Waals surface area contributed by atoms with Gasteiger partial charge in [-0.25, -0.2) is 13.2 Å². The molecule has 1 aromatic carbocycles. The van der Waals surface area contributed by atoms with Crippen LogP contribution in [0.2, 0.25) is 0 Å². The molecule has 1 fully saturated rings. The second-order valence-electron chi connectivity index (χ2n) is 7.61. The van der Waals surface area contributed by atoms with Crippen LogP contribution >= 0.6 is 0 Å². The number of aromatic carboxylic acids is 1. The van der Waals surface area contributed by atoms with Gasteiger partial charge in [0.25, 0.3) is 5.91 Å². The number of amides is 1. The van der Waals surface area contributed by atoms with Crippen molar-refractivity contribution in [2.75, 3.05) is 19.3 Å². The molecule has 2 aromatic rings. The maximum absolute atomic E-state index is 13.0. The summed E-state index contributed by atoms with van der Waals surface area (Å²) in [5.74, 6) is -1.62. The predicted octanol–water partition coefficient (Wildman–Crippen LogP) is 0.638. The van der Waals surface area contributed by atoms with Gasteiger partial charge < -0.3 is 14.6 Å². The molecule has 158 valence electrons. The number of fused-ring (bicyclic) bond motifs is 2. The quantitative estimate of drug-likeness (QED) is 0.755. The Balaban J connectivity index is 1.63. The Morgan fingerprint density at radius 1 is 1.17 bits per heavy atom. The van der Waals surface area contributed by atoms with E-state index in [9.17, 15) is 27.9 Å². The lowest BCUT2D eigenvalue weighted by Gasteiger charge is -2.47. The number of pyridine rings is 1. The molecular formula is C20H21N3O6S. The molecule has 1 aromatic heterocycles. The minimum atomic E-state index is -3.27. The fourth-order valence-corrected chi connectivity index (χ4v) is 4.67. The monoisotopic (exact) mass is 431 g/mol. The average molecular weight is 431 g/mol. The molecule has 0 spiro atoms. The van der Waals surface area contributed by atoms with Crippen LogP contribution < -0.4 is 5.43 Å². The zero-order valence-electron chi connectivity index (χ0n) is 16.3. The molecule has 1 saturated heterocycles. The zero-order chi connectivity index (χ0) is 21.6. The van der Waals surface area contributed by atoms with E-state index < -0.39 is 21.2 Å². The molecular weight excluding hydrogens is 410 g/mol. The van der Waals surface area contributed by atoms with Crippen molar-refractivity contribution in [2.24, 2.45) is 0 Å². The summed E-state index contributed by atoms with van der Waals surface area (Å²) in [5.41, 5.74) is 0.0633. The standard InChI is InChI=1S/C20H21N3O6S/c1-30(28,29)14-5-3-13(4-6-14)10-21-7-2-8-23-18(21)12-22-11-15(20(26)27)17(24)9-16(22)19(23)25/h3-6,9,11,18H,2,7-8,10,12H2,1H3,(H,26,27). The normalized spacial score (nSPS) is 19.3. The lowest BCUT2D eigenvalue weighted by molar-refractivity contribution is -0.0136. The average Bonchev–Trinajstić information content (AvgIpc) is 2.68.